The number of carbonyl (C=O) groups is 2. The predicted molar refractivity (Wildman–Crippen MR) is 117 cm³/mol. The van der Waals surface area contributed by atoms with Crippen LogP contribution in [0.25, 0.3) is 6.08 Å². The van der Waals surface area contributed by atoms with Crippen molar-refractivity contribution in [2.45, 2.75) is 13.5 Å². The molecule has 0 saturated heterocycles. The summed E-state index contributed by atoms with van der Waals surface area (Å²) in [6.45, 7) is 2.34. The Hall–Kier alpha value is -3.86. The highest BCUT2D eigenvalue weighted by atomic mass is 16.5. The highest BCUT2D eigenvalue weighted by Crippen LogP contribution is 2.35. The van der Waals surface area contributed by atoms with Crippen molar-refractivity contribution in [3.05, 3.63) is 101 Å². The van der Waals surface area contributed by atoms with E-state index < -0.39 is 0 Å². The molecular weight excluding hydrogens is 376 g/mol. The molecule has 3 aromatic rings. The Morgan fingerprint density at radius 2 is 1.67 bits per heavy atom. The lowest BCUT2D eigenvalue weighted by Crippen LogP contribution is -2.44. The van der Waals surface area contributed by atoms with Gasteiger partial charge in [-0.1, -0.05) is 72.3 Å². The van der Waals surface area contributed by atoms with E-state index in [4.69, 9.17) is 4.74 Å². The number of fused-ring (bicyclic) bond motifs is 1. The first-order valence-electron chi connectivity index (χ1n) is 9.78. The van der Waals surface area contributed by atoms with E-state index in [1.807, 2.05) is 73.7 Å². The van der Waals surface area contributed by atoms with E-state index >= 15 is 0 Å². The van der Waals surface area contributed by atoms with Gasteiger partial charge in [-0.05, 0) is 36.3 Å². The number of carbonyl (C=O) groups excluding carboxylic acids is 2. The van der Waals surface area contributed by atoms with Gasteiger partial charge in [0.05, 0.1) is 5.69 Å². The Morgan fingerprint density at radius 1 is 0.967 bits per heavy atom. The molecular formula is C25H22N2O3. The van der Waals surface area contributed by atoms with Crippen molar-refractivity contribution in [3.8, 4) is 5.75 Å². The molecule has 0 spiro atoms. The van der Waals surface area contributed by atoms with Gasteiger partial charge in [-0.25, -0.2) is 0 Å². The number of nitrogens with zero attached hydrogens (tertiary/aromatic N) is 1. The lowest BCUT2D eigenvalue weighted by molar-refractivity contribution is -0.123. The molecule has 1 aliphatic rings. The van der Waals surface area contributed by atoms with Gasteiger partial charge in [0.25, 0.3) is 5.91 Å². The number of para-hydroxylation sites is 2. The van der Waals surface area contributed by atoms with Crippen LogP contribution in [0, 0.1) is 6.92 Å². The molecule has 3 aromatic carbocycles. The number of hydrogen-bond donors (Lipinski definition) is 1. The lowest BCUT2D eigenvalue weighted by Gasteiger charge is -2.30. The van der Waals surface area contributed by atoms with Crippen LogP contribution >= 0.6 is 0 Å². The quantitative estimate of drug-likeness (QED) is 0.659. The number of anilines is 1. The molecule has 0 atom stereocenters. The third-order valence-corrected chi connectivity index (χ3v) is 4.84. The SMILES string of the molecule is Cc1ccc(CNC(=O)CN2C(=O)/C(=C\c3ccccc3)Oc3ccccc32)cc1. The smallest absolute Gasteiger partial charge is 0.294 e. The summed E-state index contributed by atoms with van der Waals surface area (Å²) in [6, 6.07) is 24.7. The molecule has 2 amide bonds. The van der Waals surface area contributed by atoms with Gasteiger partial charge < -0.3 is 10.1 Å². The van der Waals surface area contributed by atoms with Crippen LogP contribution in [0.2, 0.25) is 0 Å². The largest absolute Gasteiger partial charge is 0.449 e. The van der Waals surface area contributed by atoms with Gasteiger partial charge in [0.2, 0.25) is 5.91 Å². The van der Waals surface area contributed by atoms with Crippen molar-refractivity contribution < 1.29 is 14.3 Å². The van der Waals surface area contributed by atoms with Crippen molar-refractivity contribution in [1.82, 2.24) is 5.32 Å². The Balaban J connectivity index is 1.53. The molecule has 0 saturated carbocycles. The molecule has 1 aliphatic heterocycles. The van der Waals surface area contributed by atoms with E-state index in [0.717, 1.165) is 11.1 Å². The molecule has 5 nitrogen and oxygen atoms in total. The van der Waals surface area contributed by atoms with Crippen molar-refractivity contribution in [3.63, 3.8) is 0 Å². The van der Waals surface area contributed by atoms with Crippen LogP contribution in [0.4, 0.5) is 5.69 Å². The summed E-state index contributed by atoms with van der Waals surface area (Å²) in [5, 5.41) is 2.89. The number of nitrogens with one attached hydrogen (secondary N) is 1. The van der Waals surface area contributed by atoms with E-state index in [-0.39, 0.29) is 24.1 Å². The summed E-state index contributed by atoms with van der Waals surface area (Å²) >= 11 is 0. The molecule has 0 unspecified atom stereocenters. The number of rotatable bonds is 5. The van der Waals surface area contributed by atoms with E-state index in [1.54, 1.807) is 18.2 Å². The number of amides is 2. The van der Waals surface area contributed by atoms with Crippen molar-refractivity contribution in [2.24, 2.45) is 0 Å². The fourth-order valence-corrected chi connectivity index (χ4v) is 3.23. The van der Waals surface area contributed by atoms with Crippen LogP contribution in [0.3, 0.4) is 0 Å². The van der Waals surface area contributed by atoms with E-state index in [2.05, 4.69) is 5.32 Å². The zero-order valence-corrected chi connectivity index (χ0v) is 16.7. The molecule has 150 valence electrons. The second-order valence-electron chi connectivity index (χ2n) is 7.14. The molecule has 1 heterocycles. The summed E-state index contributed by atoms with van der Waals surface area (Å²) in [7, 11) is 0. The maximum Gasteiger partial charge on any atom is 0.294 e. The topological polar surface area (TPSA) is 58.6 Å². The first-order valence-corrected chi connectivity index (χ1v) is 9.78. The van der Waals surface area contributed by atoms with Gasteiger partial charge >= 0.3 is 0 Å². The highest BCUT2D eigenvalue weighted by Gasteiger charge is 2.31. The molecule has 5 heteroatoms. The summed E-state index contributed by atoms with van der Waals surface area (Å²) in [6.07, 6.45) is 1.69. The first-order chi connectivity index (χ1) is 14.6. The molecule has 4 rings (SSSR count). The van der Waals surface area contributed by atoms with Gasteiger partial charge in [0.15, 0.2) is 11.5 Å². The van der Waals surface area contributed by atoms with Crippen LogP contribution in [-0.4, -0.2) is 18.4 Å². The van der Waals surface area contributed by atoms with Crippen LogP contribution in [0.1, 0.15) is 16.7 Å². The maximum absolute atomic E-state index is 13.1. The molecule has 0 aliphatic carbocycles. The van der Waals surface area contributed by atoms with Gasteiger partial charge in [-0.15, -0.1) is 0 Å². The van der Waals surface area contributed by atoms with Gasteiger partial charge in [0, 0.05) is 6.54 Å². The number of benzene rings is 3. The number of ether oxygens (including phenoxy) is 1. The molecule has 1 N–H and O–H groups in total. The first kappa shape index (κ1) is 19.5. The molecule has 30 heavy (non-hydrogen) atoms. The number of aryl methyl sites for hydroxylation is 1. The number of hydrogen-bond acceptors (Lipinski definition) is 3. The zero-order chi connectivity index (χ0) is 20.9. The minimum atomic E-state index is -0.344. The lowest BCUT2D eigenvalue weighted by atomic mass is 10.1. The van der Waals surface area contributed by atoms with Crippen LogP contribution in [0.15, 0.2) is 84.6 Å². The zero-order valence-electron chi connectivity index (χ0n) is 16.7. The van der Waals surface area contributed by atoms with Crippen LogP contribution < -0.4 is 15.0 Å². The molecule has 0 aromatic heterocycles. The van der Waals surface area contributed by atoms with E-state index in [0.29, 0.717) is 18.0 Å². The third-order valence-electron chi connectivity index (χ3n) is 4.84. The van der Waals surface area contributed by atoms with E-state index in [1.165, 1.54) is 10.5 Å². The minimum absolute atomic E-state index is 0.0861. The predicted octanol–water partition coefficient (Wildman–Crippen LogP) is 4.08. The normalized spacial score (nSPS) is 14.2. The molecule has 0 fully saturated rings. The highest BCUT2D eigenvalue weighted by molar-refractivity contribution is 6.12. The van der Waals surface area contributed by atoms with Gasteiger partial charge in [-0.2, -0.15) is 0 Å². The average molecular weight is 398 g/mol. The Labute approximate surface area is 175 Å². The van der Waals surface area contributed by atoms with Crippen LogP contribution in [0.5, 0.6) is 5.75 Å². The van der Waals surface area contributed by atoms with E-state index in [9.17, 15) is 9.59 Å². The average Bonchev–Trinajstić information content (AvgIpc) is 2.77. The van der Waals surface area contributed by atoms with Crippen molar-refractivity contribution in [2.75, 3.05) is 11.4 Å². The Bertz CT molecular complexity index is 1090. The second kappa shape index (κ2) is 8.66. The Morgan fingerprint density at radius 3 is 2.43 bits per heavy atom. The summed E-state index contributed by atoms with van der Waals surface area (Å²) in [4.78, 5) is 27.2. The summed E-state index contributed by atoms with van der Waals surface area (Å²) in [5.74, 6) is 0.152. The summed E-state index contributed by atoms with van der Waals surface area (Å²) < 4.78 is 5.84. The fraction of sp³-hybridized carbons (Fsp3) is 0.120. The van der Waals surface area contributed by atoms with Crippen LogP contribution in [-0.2, 0) is 16.1 Å². The second-order valence-corrected chi connectivity index (χ2v) is 7.14. The maximum atomic E-state index is 13.1. The summed E-state index contributed by atoms with van der Waals surface area (Å²) in [5.41, 5.74) is 3.60. The van der Waals surface area contributed by atoms with Gasteiger partial charge in [-0.3, -0.25) is 14.5 Å². The monoisotopic (exact) mass is 398 g/mol. The standard InChI is InChI=1S/C25H22N2O3/c1-18-11-13-20(14-12-18)16-26-24(28)17-27-21-9-5-6-10-22(21)30-23(25(27)29)15-19-7-3-2-4-8-19/h2-15H,16-17H2,1H3,(H,26,28)/b23-15+. The Kier molecular flexibility index (Phi) is 5.61. The molecule has 0 radical (unpaired) electrons. The van der Waals surface area contributed by atoms with Crippen molar-refractivity contribution in [1.29, 1.82) is 0 Å². The third kappa shape index (κ3) is 4.41. The molecule has 0 bridgehead atoms. The van der Waals surface area contributed by atoms with Gasteiger partial charge in [0.1, 0.15) is 6.54 Å². The van der Waals surface area contributed by atoms with Crippen molar-refractivity contribution >= 4 is 23.6 Å². The fourth-order valence-electron chi connectivity index (χ4n) is 3.23. The minimum Gasteiger partial charge on any atom is -0.449 e.